The highest BCUT2D eigenvalue weighted by Gasteiger charge is 2.24. The van der Waals surface area contributed by atoms with Crippen molar-refractivity contribution < 1.29 is 24.5 Å². The summed E-state index contributed by atoms with van der Waals surface area (Å²) in [6.07, 6.45) is 4.81. The van der Waals surface area contributed by atoms with Crippen LogP contribution in [0.3, 0.4) is 0 Å². The molecule has 12 heteroatoms. The first kappa shape index (κ1) is 31.9. The first-order valence-corrected chi connectivity index (χ1v) is 16.0. The maximum atomic E-state index is 12.8. The normalized spacial score (nSPS) is 11.5. The van der Waals surface area contributed by atoms with Crippen LogP contribution in [0.2, 0.25) is 0 Å². The quantitative estimate of drug-likeness (QED) is 0.0644. The summed E-state index contributed by atoms with van der Waals surface area (Å²) in [5.41, 5.74) is 4.15. The predicted molar refractivity (Wildman–Crippen MR) is 190 cm³/mol. The number of rotatable bonds is 13. The number of ether oxygens (including phenoxy) is 2. The highest BCUT2D eigenvalue weighted by molar-refractivity contribution is 6.09. The van der Waals surface area contributed by atoms with Gasteiger partial charge in [0.05, 0.1) is 48.2 Å². The maximum absolute atomic E-state index is 12.8. The van der Waals surface area contributed by atoms with Crippen molar-refractivity contribution >= 4 is 39.4 Å². The summed E-state index contributed by atoms with van der Waals surface area (Å²) in [6.45, 7) is 3.18. The van der Waals surface area contributed by atoms with Crippen molar-refractivity contribution in [3.8, 4) is 34.4 Å². The molecular formula is C38H32N6O6. The standard InChI is InChI=1S/C38H32N6O6/c1-2-49-34-14-8-3-9-24(34)15-18-32(45)29-17-16-26(21-33(29)46)50-20-19-43-22-25(40-42-43)23-44-31-13-7-5-11-28(31)35(38(44)47)37-36(41-48)27-10-4-6-12-30(27)39-37/h3-18,21-22,39,46-47H,2,19-20,23H2,1H3/b18-15+. The van der Waals surface area contributed by atoms with Crippen LogP contribution in [0.4, 0.5) is 5.69 Å². The number of para-hydroxylation sites is 3. The van der Waals surface area contributed by atoms with E-state index < -0.39 is 0 Å². The molecule has 3 N–H and O–H groups in total. The monoisotopic (exact) mass is 668 g/mol. The van der Waals surface area contributed by atoms with Gasteiger partial charge in [-0.2, -0.15) is 0 Å². The van der Waals surface area contributed by atoms with E-state index in [2.05, 4.69) is 20.5 Å². The van der Waals surface area contributed by atoms with E-state index in [0.29, 0.717) is 47.0 Å². The molecule has 0 aliphatic heterocycles. The number of H-pyrrole nitrogens is 1. The van der Waals surface area contributed by atoms with Gasteiger partial charge in [0.1, 0.15) is 35.2 Å². The SMILES string of the molecule is CCOc1ccccc1/C=C/C(=O)c1ccc(OCCn2cc(Cn3c(O)c(-c4[nH]c5ccccc5c4N=O)c4ccccc43)nn2)cc1O. The van der Waals surface area contributed by atoms with Gasteiger partial charge in [-0.15, -0.1) is 10.0 Å². The van der Waals surface area contributed by atoms with Gasteiger partial charge in [0.15, 0.2) is 5.78 Å². The zero-order chi connectivity index (χ0) is 34.6. The zero-order valence-corrected chi connectivity index (χ0v) is 27.0. The summed E-state index contributed by atoms with van der Waals surface area (Å²) in [7, 11) is 0. The van der Waals surface area contributed by atoms with Gasteiger partial charge in [0.2, 0.25) is 5.88 Å². The van der Waals surface area contributed by atoms with Crippen LogP contribution in [-0.2, 0) is 13.1 Å². The minimum absolute atomic E-state index is 0.0342. The summed E-state index contributed by atoms with van der Waals surface area (Å²) in [4.78, 5) is 28.0. The van der Waals surface area contributed by atoms with Crippen molar-refractivity contribution in [1.82, 2.24) is 24.5 Å². The van der Waals surface area contributed by atoms with Gasteiger partial charge in [-0.1, -0.05) is 59.8 Å². The van der Waals surface area contributed by atoms with E-state index in [1.807, 2.05) is 79.7 Å². The van der Waals surface area contributed by atoms with E-state index in [1.54, 1.807) is 27.6 Å². The predicted octanol–water partition coefficient (Wildman–Crippen LogP) is 7.61. The second-order valence-electron chi connectivity index (χ2n) is 11.5. The number of aromatic nitrogens is 5. The number of fused-ring (bicyclic) bond motifs is 2. The number of aromatic hydroxyl groups is 2. The van der Waals surface area contributed by atoms with Crippen LogP contribution < -0.4 is 9.47 Å². The summed E-state index contributed by atoms with van der Waals surface area (Å²) >= 11 is 0. The molecule has 7 aromatic rings. The van der Waals surface area contributed by atoms with Crippen molar-refractivity contribution in [2.45, 2.75) is 20.0 Å². The number of nitrogens with zero attached hydrogens (tertiary/aromatic N) is 5. The fourth-order valence-corrected chi connectivity index (χ4v) is 6.01. The van der Waals surface area contributed by atoms with E-state index in [4.69, 9.17) is 9.47 Å². The summed E-state index contributed by atoms with van der Waals surface area (Å²) in [5.74, 6) is 0.479. The molecule has 50 heavy (non-hydrogen) atoms. The third-order valence-electron chi connectivity index (χ3n) is 8.33. The summed E-state index contributed by atoms with van der Waals surface area (Å²) in [5, 5.41) is 35.3. The van der Waals surface area contributed by atoms with Crippen molar-refractivity contribution in [1.29, 1.82) is 0 Å². The van der Waals surface area contributed by atoms with Crippen molar-refractivity contribution in [3.05, 3.63) is 125 Å². The largest absolute Gasteiger partial charge is 0.507 e. The summed E-state index contributed by atoms with van der Waals surface area (Å²) < 4.78 is 14.8. The molecule has 0 atom stereocenters. The van der Waals surface area contributed by atoms with Crippen molar-refractivity contribution in [2.75, 3.05) is 13.2 Å². The Bertz CT molecular complexity index is 2390. The Morgan fingerprint density at radius 2 is 1.74 bits per heavy atom. The van der Waals surface area contributed by atoms with Crippen LogP contribution in [0, 0.1) is 4.91 Å². The van der Waals surface area contributed by atoms with Gasteiger partial charge >= 0.3 is 0 Å². The average molecular weight is 669 g/mol. The lowest BCUT2D eigenvalue weighted by molar-refractivity contribution is 0.104. The molecule has 0 aliphatic rings. The summed E-state index contributed by atoms with van der Waals surface area (Å²) in [6, 6.07) is 26.8. The van der Waals surface area contributed by atoms with Crippen LogP contribution in [0.1, 0.15) is 28.5 Å². The van der Waals surface area contributed by atoms with E-state index >= 15 is 0 Å². The molecule has 250 valence electrons. The number of hydrogen-bond acceptors (Lipinski definition) is 9. The Morgan fingerprint density at radius 1 is 0.960 bits per heavy atom. The van der Waals surface area contributed by atoms with Gasteiger partial charge in [-0.25, -0.2) is 4.68 Å². The van der Waals surface area contributed by atoms with E-state index in [9.17, 15) is 19.9 Å². The van der Waals surface area contributed by atoms with Gasteiger partial charge < -0.3 is 29.2 Å². The lowest BCUT2D eigenvalue weighted by Crippen LogP contribution is -2.09. The molecule has 12 nitrogen and oxygen atoms in total. The molecule has 0 unspecified atom stereocenters. The average Bonchev–Trinajstić information content (AvgIpc) is 3.81. The number of phenolic OH excluding ortho intramolecular Hbond substituents is 1. The number of hydrogen-bond donors (Lipinski definition) is 3. The Hall–Kier alpha value is -6.69. The highest BCUT2D eigenvalue weighted by atomic mass is 16.5. The topological polar surface area (TPSA) is 157 Å². The Balaban J connectivity index is 1.02. The molecule has 0 amide bonds. The Kier molecular flexibility index (Phi) is 8.81. The lowest BCUT2D eigenvalue weighted by Gasteiger charge is -2.08. The molecule has 0 aliphatic carbocycles. The maximum Gasteiger partial charge on any atom is 0.202 e. The van der Waals surface area contributed by atoms with Crippen molar-refractivity contribution in [3.63, 3.8) is 0 Å². The number of aromatic amines is 1. The van der Waals surface area contributed by atoms with Crippen LogP contribution in [0.25, 0.3) is 39.1 Å². The molecule has 0 saturated carbocycles. The number of carbonyl (C=O) groups excluding carboxylic acids is 1. The van der Waals surface area contributed by atoms with E-state index in [0.717, 1.165) is 22.0 Å². The Morgan fingerprint density at radius 3 is 2.56 bits per heavy atom. The number of benzene rings is 4. The third kappa shape index (κ3) is 6.17. The lowest BCUT2D eigenvalue weighted by atomic mass is 10.1. The minimum Gasteiger partial charge on any atom is -0.507 e. The third-order valence-corrected chi connectivity index (χ3v) is 8.33. The molecule has 0 bridgehead atoms. The number of carbonyl (C=O) groups is 1. The molecular weight excluding hydrogens is 636 g/mol. The molecule has 0 radical (unpaired) electrons. The molecule has 0 spiro atoms. The number of nitroso groups, excluding NO2 is 1. The molecule has 3 heterocycles. The van der Waals surface area contributed by atoms with E-state index in [-0.39, 0.29) is 41.8 Å². The van der Waals surface area contributed by atoms with Gasteiger partial charge in [-0.3, -0.25) is 4.79 Å². The molecule has 7 rings (SSSR count). The Labute approximate surface area is 285 Å². The highest BCUT2D eigenvalue weighted by Crippen LogP contribution is 2.45. The number of ketones is 1. The second kappa shape index (κ2) is 13.8. The first-order valence-electron chi connectivity index (χ1n) is 16.0. The van der Waals surface area contributed by atoms with Gasteiger partial charge in [0, 0.05) is 27.9 Å². The zero-order valence-electron chi connectivity index (χ0n) is 27.0. The smallest absolute Gasteiger partial charge is 0.202 e. The van der Waals surface area contributed by atoms with Crippen LogP contribution >= 0.6 is 0 Å². The number of allylic oxidation sites excluding steroid dienone is 1. The van der Waals surface area contributed by atoms with Crippen LogP contribution in [0.15, 0.2) is 108 Å². The fourth-order valence-electron chi connectivity index (χ4n) is 6.01. The van der Waals surface area contributed by atoms with Crippen LogP contribution in [-0.4, -0.2) is 53.8 Å². The first-order chi connectivity index (χ1) is 24.4. The van der Waals surface area contributed by atoms with Crippen LogP contribution in [0.5, 0.6) is 23.1 Å². The molecule has 0 fully saturated rings. The van der Waals surface area contributed by atoms with Crippen molar-refractivity contribution in [2.24, 2.45) is 5.18 Å². The number of phenols is 1. The number of nitrogens with one attached hydrogen (secondary N) is 1. The molecule has 4 aromatic carbocycles. The second-order valence-corrected chi connectivity index (χ2v) is 11.5. The van der Waals surface area contributed by atoms with Gasteiger partial charge in [-0.05, 0) is 54.6 Å². The molecule has 3 aromatic heterocycles. The minimum atomic E-state index is -0.355. The van der Waals surface area contributed by atoms with E-state index in [1.165, 1.54) is 18.2 Å². The van der Waals surface area contributed by atoms with Gasteiger partial charge in [0.25, 0.3) is 0 Å². The molecule has 0 saturated heterocycles. The fraction of sp³-hybridized carbons (Fsp3) is 0.132.